The van der Waals surface area contributed by atoms with Crippen molar-refractivity contribution in [2.24, 2.45) is 5.92 Å². The van der Waals surface area contributed by atoms with Crippen molar-refractivity contribution in [3.05, 3.63) is 35.9 Å². The fraction of sp³-hybridized carbons (Fsp3) is 0.364. The molecule has 66 valence electrons. The largest absolute Gasteiger partial charge is 0.355 e. The Balaban J connectivity index is 2.07. The molecule has 1 saturated heterocycles. The summed E-state index contributed by atoms with van der Waals surface area (Å²) in [5.41, 5.74) is 1.05. The molecule has 2 heteroatoms. The summed E-state index contributed by atoms with van der Waals surface area (Å²) >= 11 is 0. The topological polar surface area (TPSA) is 29.1 Å². The first kappa shape index (κ1) is 7.13. The molecule has 1 amide bonds. The molecule has 1 aromatic carbocycles. The highest BCUT2D eigenvalue weighted by Crippen LogP contribution is 2.56. The third kappa shape index (κ3) is 0.755. The molecule has 1 aliphatic carbocycles. The van der Waals surface area contributed by atoms with E-state index in [1.54, 1.807) is 0 Å². The number of carbonyl (C=O) groups excluding carboxylic acids is 1. The van der Waals surface area contributed by atoms with Gasteiger partial charge in [-0.15, -0.1) is 0 Å². The van der Waals surface area contributed by atoms with E-state index in [9.17, 15) is 4.79 Å². The van der Waals surface area contributed by atoms with E-state index in [2.05, 4.69) is 17.4 Å². The minimum Gasteiger partial charge on any atom is -0.355 e. The van der Waals surface area contributed by atoms with E-state index >= 15 is 0 Å². The molecule has 1 heterocycles. The number of nitrogens with one attached hydrogen (secondary N) is 1. The van der Waals surface area contributed by atoms with Crippen LogP contribution >= 0.6 is 0 Å². The molecule has 13 heavy (non-hydrogen) atoms. The van der Waals surface area contributed by atoms with Gasteiger partial charge in [-0.25, -0.2) is 0 Å². The van der Waals surface area contributed by atoms with Gasteiger partial charge in [0, 0.05) is 6.54 Å². The van der Waals surface area contributed by atoms with Crippen LogP contribution in [0.2, 0.25) is 0 Å². The zero-order valence-corrected chi connectivity index (χ0v) is 7.29. The summed E-state index contributed by atoms with van der Waals surface area (Å²) in [6, 6.07) is 10.1. The molecule has 0 bridgehead atoms. The van der Waals surface area contributed by atoms with Gasteiger partial charge in [0.1, 0.15) is 0 Å². The smallest absolute Gasteiger partial charge is 0.231 e. The quantitative estimate of drug-likeness (QED) is 0.676. The van der Waals surface area contributed by atoms with Gasteiger partial charge in [-0.1, -0.05) is 30.3 Å². The number of hydrogen-bond acceptors (Lipinski definition) is 1. The van der Waals surface area contributed by atoms with Gasteiger partial charge in [-0.3, -0.25) is 4.79 Å². The van der Waals surface area contributed by atoms with Crippen molar-refractivity contribution in [1.82, 2.24) is 5.32 Å². The maximum absolute atomic E-state index is 11.6. The van der Waals surface area contributed by atoms with Crippen molar-refractivity contribution in [1.29, 1.82) is 0 Å². The summed E-state index contributed by atoms with van der Waals surface area (Å²) in [5.74, 6) is 0.783. The lowest BCUT2D eigenvalue weighted by molar-refractivity contribution is -0.122. The molecule has 2 atom stereocenters. The zero-order valence-electron chi connectivity index (χ0n) is 7.29. The Labute approximate surface area is 77.0 Å². The molecule has 1 unspecified atom stereocenters. The van der Waals surface area contributed by atoms with Crippen LogP contribution in [0.25, 0.3) is 0 Å². The van der Waals surface area contributed by atoms with Crippen LogP contribution < -0.4 is 5.32 Å². The molecule has 0 radical (unpaired) electrons. The van der Waals surface area contributed by atoms with Gasteiger partial charge in [0.2, 0.25) is 5.91 Å². The van der Waals surface area contributed by atoms with E-state index in [1.165, 1.54) is 5.56 Å². The van der Waals surface area contributed by atoms with Crippen LogP contribution in [0.3, 0.4) is 0 Å². The monoisotopic (exact) mass is 173 g/mol. The van der Waals surface area contributed by atoms with Crippen LogP contribution in [-0.2, 0) is 10.2 Å². The van der Waals surface area contributed by atoms with Gasteiger partial charge in [-0.2, -0.15) is 0 Å². The third-order valence-electron chi connectivity index (χ3n) is 3.31. The lowest BCUT2D eigenvalue weighted by Crippen LogP contribution is -2.27. The Morgan fingerprint density at radius 2 is 2.08 bits per heavy atom. The summed E-state index contributed by atoms with van der Waals surface area (Å²) in [6.45, 7) is 0.869. The van der Waals surface area contributed by atoms with E-state index < -0.39 is 0 Å². The fourth-order valence-electron chi connectivity index (χ4n) is 2.45. The molecular formula is C11H11NO. The average Bonchev–Trinajstić information content (AvgIpc) is 2.84. The number of piperidine rings is 1. The average molecular weight is 173 g/mol. The lowest BCUT2D eigenvalue weighted by Gasteiger charge is -2.09. The summed E-state index contributed by atoms with van der Waals surface area (Å²) in [7, 11) is 0. The predicted octanol–water partition coefficient (Wildman–Crippen LogP) is 1.07. The number of benzene rings is 1. The highest BCUT2D eigenvalue weighted by atomic mass is 16.2. The minimum absolute atomic E-state index is 0.138. The normalized spacial score (nSPS) is 35.4. The Kier molecular flexibility index (Phi) is 1.17. The van der Waals surface area contributed by atoms with E-state index in [4.69, 9.17) is 0 Å². The Morgan fingerprint density at radius 1 is 1.31 bits per heavy atom. The van der Waals surface area contributed by atoms with Crippen molar-refractivity contribution in [2.75, 3.05) is 6.54 Å². The Hall–Kier alpha value is -1.31. The first-order valence-corrected chi connectivity index (χ1v) is 4.68. The molecule has 2 nitrogen and oxygen atoms in total. The van der Waals surface area contributed by atoms with Crippen LogP contribution in [0.5, 0.6) is 0 Å². The highest BCUT2D eigenvalue weighted by molar-refractivity contribution is 5.94. The molecule has 0 spiro atoms. The molecule has 2 fully saturated rings. The zero-order chi connectivity index (χ0) is 8.89. The van der Waals surface area contributed by atoms with E-state index in [0.717, 1.165) is 13.0 Å². The third-order valence-corrected chi connectivity index (χ3v) is 3.31. The van der Waals surface area contributed by atoms with Crippen LogP contribution in [0.1, 0.15) is 12.0 Å². The highest BCUT2D eigenvalue weighted by Gasteiger charge is 2.64. The second-order valence-electron chi connectivity index (χ2n) is 3.95. The van der Waals surface area contributed by atoms with Gasteiger partial charge < -0.3 is 5.32 Å². The number of fused-ring (bicyclic) bond motifs is 1. The maximum Gasteiger partial charge on any atom is 0.231 e. The minimum atomic E-state index is -0.138. The molecule has 1 aromatic rings. The first-order valence-electron chi connectivity index (χ1n) is 4.68. The number of carbonyl (C=O) groups is 1. The predicted molar refractivity (Wildman–Crippen MR) is 49.2 cm³/mol. The van der Waals surface area contributed by atoms with Crippen LogP contribution in [0.4, 0.5) is 0 Å². The number of amides is 1. The number of hydrogen-bond donors (Lipinski definition) is 1. The van der Waals surface area contributed by atoms with E-state index in [0.29, 0.717) is 5.92 Å². The van der Waals surface area contributed by atoms with Gasteiger partial charge in [0.15, 0.2) is 0 Å². The second-order valence-corrected chi connectivity index (χ2v) is 3.95. The molecule has 0 aromatic heterocycles. The van der Waals surface area contributed by atoms with Crippen molar-refractivity contribution in [2.45, 2.75) is 11.8 Å². The van der Waals surface area contributed by atoms with E-state index in [-0.39, 0.29) is 11.3 Å². The first-order chi connectivity index (χ1) is 6.34. The summed E-state index contributed by atoms with van der Waals surface area (Å²) in [5, 5.41) is 2.92. The van der Waals surface area contributed by atoms with Crippen molar-refractivity contribution in [3.8, 4) is 0 Å². The Morgan fingerprint density at radius 3 is 2.62 bits per heavy atom. The molecule has 2 aliphatic rings. The number of rotatable bonds is 1. The van der Waals surface area contributed by atoms with E-state index in [1.807, 2.05) is 18.2 Å². The van der Waals surface area contributed by atoms with Gasteiger partial charge in [0.05, 0.1) is 5.41 Å². The van der Waals surface area contributed by atoms with Crippen molar-refractivity contribution >= 4 is 5.91 Å². The molecule has 1 saturated carbocycles. The molecular weight excluding hydrogens is 162 g/mol. The van der Waals surface area contributed by atoms with Crippen molar-refractivity contribution in [3.63, 3.8) is 0 Å². The molecule has 1 N–H and O–H groups in total. The summed E-state index contributed by atoms with van der Waals surface area (Å²) < 4.78 is 0. The van der Waals surface area contributed by atoms with Gasteiger partial charge in [0.25, 0.3) is 0 Å². The Bertz CT molecular complexity index is 360. The SMILES string of the molecule is O=C1NCC2C[C@]12c1ccccc1. The summed E-state index contributed by atoms with van der Waals surface area (Å²) in [4.78, 5) is 11.6. The molecule has 3 rings (SSSR count). The van der Waals surface area contributed by atoms with Crippen molar-refractivity contribution < 1.29 is 4.79 Å². The fourth-order valence-corrected chi connectivity index (χ4v) is 2.45. The van der Waals surface area contributed by atoms with Gasteiger partial charge in [-0.05, 0) is 17.9 Å². The standard InChI is InChI=1S/C11H11NO/c13-10-11(6-9(11)7-12-10)8-4-2-1-3-5-8/h1-5,9H,6-7H2,(H,12,13)/t9?,11-/m1/s1. The second kappa shape index (κ2) is 2.13. The summed E-state index contributed by atoms with van der Waals surface area (Å²) in [6.07, 6.45) is 1.04. The van der Waals surface area contributed by atoms with Gasteiger partial charge >= 0.3 is 0 Å². The van der Waals surface area contributed by atoms with Crippen LogP contribution in [-0.4, -0.2) is 12.5 Å². The maximum atomic E-state index is 11.6. The van der Waals surface area contributed by atoms with Crippen LogP contribution in [0.15, 0.2) is 30.3 Å². The lowest BCUT2D eigenvalue weighted by atomic mass is 9.94. The van der Waals surface area contributed by atoms with Crippen LogP contribution in [0, 0.1) is 5.92 Å². The molecule has 1 aliphatic heterocycles.